The minimum absolute atomic E-state index is 0. The summed E-state index contributed by atoms with van der Waals surface area (Å²) in [6.07, 6.45) is 4.56. The number of nitro groups is 1. The number of likely N-dealkylation sites (tertiary alicyclic amines) is 1. The van der Waals surface area contributed by atoms with Gasteiger partial charge in [-0.3, -0.25) is 19.8 Å². The molecule has 1 aliphatic heterocycles. The molecule has 0 saturated carbocycles. The van der Waals surface area contributed by atoms with Crippen LogP contribution in [0.4, 0.5) is 5.69 Å². The number of carbonyl (C=O) groups excluding carboxylic acids is 1. The van der Waals surface area contributed by atoms with Crippen molar-refractivity contribution in [3.05, 3.63) is 69.3 Å². The fraction of sp³-hybridized carbons (Fsp3) is 0.458. The predicted octanol–water partition coefficient (Wildman–Crippen LogP) is 4.18. The normalized spacial score (nSPS) is 20.2. The van der Waals surface area contributed by atoms with Crippen LogP contribution in [0.3, 0.4) is 0 Å². The van der Waals surface area contributed by atoms with Gasteiger partial charge >= 0.3 is 0 Å². The minimum atomic E-state index is -0.426. The molecule has 1 amide bonds. The molecule has 2 aromatic carbocycles. The van der Waals surface area contributed by atoms with Gasteiger partial charge in [0, 0.05) is 25.2 Å². The summed E-state index contributed by atoms with van der Waals surface area (Å²) in [6.45, 7) is 2.15. The first-order valence-electron chi connectivity index (χ1n) is 10.9. The summed E-state index contributed by atoms with van der Waals surface area (Å²) in [5.74, 6) is 0.900. The Kier molecular flexibility index (Phi) is 7.74. The molecule has 1 fully saturated rings. The van der Waals surface area contributed by atoms with Gasteiger partial charge < -0.3 is 9.64 Å². The first-order valence-corrected chi connectivity index (χ1v) is 10.9. The number of non-ortho nitro benzene ring substituents is 1. The van der Waals surface area contributed by atoms with Crippen LogP contribution in [0.2, 0.25) is 0 Å². The maximum absolute atomic E-state index is 13.3. The molecule has 1 heterocycles. The molecular weight excluding hydrogens is 430 g/mol. The Morgan fingerprint density at radius 3 is 2.50 bits per heavy atom. The molecule has 2 aliphatic rings. The Morgan fingerprint density at radius 1 is 1.19 bits per heavy atom. The number of hydrogen-bond donors (Lipinski definition) is 0. The van der Waals surface area contributed by atoms with E-state index in [9.17, 15) is 14.9 Å². The zero-order valence-electron chi connectivity index (χ0n) is 18.5. The monoisotopic (exact) mass is 459 g/mol. The summed E-state index contributed by atoms with van der Waals surface area (Å²) in [5.41, 5.74) is 3.18. The van der Waals surface area contributed by atoms with E-state index >= 15 is 0 Å². The summed E-state index contributed by atoms with van der Waals surface area (Å²) >= 11 is 0. The van der Waals surface area contributed by atoms with Crippen LogP contribution in [0, 0.1) is 10.1 Å². The highest BCUT2D eigenvalue weighted by Gasteiger charge is 2.39. The van der Waals surface area contributed by atoms with Crippen molar-refractivity contribution in [1.82, 2.24) is 9.80 Å². The van der Waals surface area contributed by atoms with Gasteiger partial charge in [0.1, 0.15) is 5.75 Å². The third-order valence-corrected chi connectivity index (χ3v) is 6.69. The van der Waals surface area contributed by atoms with E-state index in [0.717, 1.165) is 37.2 Å². The number of benzene rings is 2. The van der Waals surface area contributed by atoms with Crippen LogP contribution < -0.4 is 4.74 Å². The zero-order chi connectivity index (χ0) is 22.0. The lowest BCUT2D eigenvalue weighted by Gasteiger charge is -2.44. The third kappa shape index (κ3) is 4.74. The van der Waals surface area contributed by atoms with Crippen molar-refractivity contribution >= 4 is 24.0 Å². The molecule has 0 radical (unpaired) electrons. The zero-order valence-corrected chi connectivity index (χ0v) is 19.3. The third-order valence-electron chi connectivity index (χ3n) is 6.69. The lowest BCUT2D eigenvalue weighted by molar-refractivity contribution is -0.384. The van der Waals surface area contributed by atoms with E-state index in [1.54, 1.807) is 19.2 Å². The highest BCUT2D eigenvalue weighted by molar-refractivity contribution is 5.85. The van der Waals surface area contributed by atoms with Crippen LogP contribution in [0.25, 0.3) is 0 Å². The first kappa shape index (κ1) is 24.0. The standard InChI is InChI=1S/C24H29N3O4.ClH/c1-25(23(28)16-17-8-10-18(11-9-17)27(29)30)24-20-6-5-7-22(31-2)19(20)12-13-21(24)26-14-3-4-15-26;/h5-11,21,24H,3-4,12-16H2,1-2H3;1H/t21-,24-;/m0./s1. The average molecular weight is 460 g/mol. The molecule has 4 rings (SSSR count). The largest absolute Gasteiger partial charge is 0.496 e. The highest BCUT2D eigenvalue weighted by atomic mass is 35.5. The van der Waals surface area contributed by atoms with E-state index in [1.165, 1.54) is 36.1 Å². The Labute approximate surface area is 194 Å². The van der Waals surface area contributed by atoms with Gasteiger partial charge in [-0.15, -0.1) is 12.4 Å². The fourth-order valence-corrected chi connectivity index (χ4v) is 5.09. The molecule has 0 bridgehead atoms. The van der Waals surface area contributed by atoms with Crippen molar-refractivity contribution in [3.8, 4) is 5.75 Å². The number of likely N-dealkylation sites (N-methyl/N-ethyl adjacent to an activating group) is 1. The van der Waals surface area contributed by atoms with Gasteiger partial charge in [-0.2, -0.15) is 0 Å². The van der Waals surface area contributed by atoms with Crippen LogP contribution in [0.1, 0.15) is 42.0 Å². The Bertz CT molecular complexity index is 960. The van der Waals surface area contributed by atoms with Crippen molar-refractivity contribution in [2.75, 3.05) is 27.2 Å². The number of nitrogens with zero attached hydrogens (tertiary/aromatic N) is 3. The van der Waals surface area contributed by atoms with Crippen molar-refractivity contribution in [2.45, 2.75) is 44.2 Å². The molecule has 1 aliphatic carbocycles. The number of amides is 1. The smallest absolute Gasteiger partial charge is 0.269 e. The lowest BCUT2D eigenvalue weighted by Crippen LogP contribution is -2.48. The number of hydrogen-bond acceptors (Lipinski definition) is 5. The van der Waals surface area contributed by atoms with E-state index in [4.69, 9.17) is 4.74 Å². The fourth-order valence-electron chi connectivity index (χ4n) is 5.09. The van der Waals surface area contributed by atoms with Crippen LogP contribution in [0.15, 0.2) is 42.5 Å². The van der Waals surface area contributed by atoms with Gasteiger partial charge in [0.25, 0.3) is 5.69 Å². The predicted molar refractivity (Wildman–Crippen MR) is 125 cm³/mol. The van der Waals surface area contributed by atoms with Crippen molar-refractivity contribution in [1.29, 1.82) is 0 Å². The summed E-state index contributed by atoms with van der Waals surface area (Å²) in [7, 11) is 3.58. The topological polar surface area (TPSA) is 75.9 Å². The van der Waals surface area contributed by atoms with Crippen LogP contribution >= 0.6 is 12.4 Å². The molecule has 0 spiro atoms. The maximum Gasteiger partial charge on any atom is 0.269 e. The van der Waals surface area contributed by atoms with Crippen LogP contribution in [-0.4, -0.2) is 53.9 Å². The minimum Gasteiger partial charge on any atom is -0.496 e. The summed E-state index contributed by atoms with van der Waals surface area (Å²) in [5, 5.41) is 10.9. The highest BCUT2D eigenvalue weighted by Crippen LogP contribution is 2.41. The molecule has 7 nitrogen and oxygen atoms in total. The number of halogens is 1. The first-order chi connectivity index (χ1) is 15.0. The van der Waals surface area contributed by atoms with Gasteiger partial charge in [-0.25, -0.2) is 0 Å². The van der Waals surface area contributed by atoms with Crippen molar-refractivity contribution < 1.29 is 14.5 Å². The molecule has 0 N–H and O–H groups in total. The van der Waals surface area contributed by atoms with Crippen LogP contribution in [0.5, 0.6) is 5.75 Å². The molecule has 2 aromatic rings. The van der Waals surface area contributed by atoms with Gasteiger partial charge in [-0.1, -0.05) is 24.3 Å². The molecule has 1 saturated heterocycles. The van der Waals surface area contributed by atoms with E-state index < -0.39 is 4.92 Å². The van der Waals surface area contributed by atoms with Crippen LogP contribution in [-0.2, 0) is 17.6 Å². The average Bonchev–Trinajstić information content (AvgIpc) is 3.32. The summed E-state index contributed by atoms with van der Waals surface area (Å²) in [4.78, 5) is 28.2. The second kappa shape index (κ2) is 10.3. The molecule has 2 atom stereocenters. The second-order valence-corrected chi connectivity index (χ2v) is 8.43. The number of rotatable bonds is 6. The number of fused-ring (bicyclic) bond motifs is 1. The Balaban J connectivity index is 0.00000289. The van der Waals surface area contributed by atoms with Gasteiger partial charge in [-0.05, 0) is 61.5 Å². The summed E-state index contributed by atoms with van der Waals surface area (Å²) < 4.78 is 5.62. The number of ether oxygens (including phenoxy) is 1. The SMILES string of the molecule is COc1cccc2c1CC[C@H](N1CCCC1)[C@H]2N(C)C(=O)Cc1ccc([N+](=O)[O-])cc1.Cl. The lowest BCUT2D eigenvalue weighted by atomic mass is 9.81. The molecular formula is C24H30ClN3O4. The van der Waals surface area contributed by atoms with E-state index in [-0.39, 0.29) is 42.5 Å². The number of nitro benzene ring substituents is 1. The summed E-state index contributed by atoms with van der Waals surface area (Å²) in [6, 6.07) is 12.6. The van der Waals surface area contributed by atoms with E-state index in [1.807, 2.05) is 24.1 Å². The second-order valence-electron chi connectivity index (χ2n) is 8.43. The van der Waals surface area contributed by atoms with Gasteiger partial charge in [0.05, 0.1) is 24.5 Å². The molecule has 8 heteroatoms. The number of methoxy groups -OCH3 is 1. The van der Waals surface area contributed by atoms with Crippen molar-refractivity contribution in [2.24, 2.45) is 0 Å². The quantitative estimate of drug-likeness (QED) is 0.478. The Morgan fingerprint density at radius 2 is 1.88 bits per heavy atom. The van der Waals surface area contributed by atoms with Gasteiger partial charge in [0.15, 0.2) is 0 Å². The Hall–Kier alpha value is -2.64. The molecule has 172 valence electrons. The van der Waals surface area contributed by atoms with Crippen molar-refractivity contribution in [3.63, 3.8) is 0 Å². The number of carbonyl (C=O) groups is 1. The van der Waals surface area contributed by atoms with E-state index in [2.05, 4.69) is 11.0 Å². The van der Waals surface area contributed by atoms with E-state index in [0.29, 0.717) is 0 Å². The molecule has 32 heavy (non-hydrogen) atoms. The molecule has 0 unspecified atom stereocenters. The van der Waals surface area contributed by atoms with Gasteiger partial charge in [0.2, 0.25) is 5.91 Å². The maximum atomic E-state index is 13.3. The molecule has 0 aromatic heterocycles.